The number of nitriles is 1. The zero-order valence-corrected chi connectivity index (χ0v) is 18.0. The number of nitrogens with one attached hydrogen (secondary N) is 1. The van der Waals surface area contributed by atoms with Gasteiger partial charge in [0.25, 0.3) is 0 Å². The van der Waals surface area contributed by atoms with Crippen LogP contribution in [0.4, 0.5) is 5.82 Å². The first-order valence-corrected chi connectivity index (χ1v) is 11.1. The number of aromatic nitrogens is 4. The van der Waals surface area contributed by atoms with E-state index in [0.717, 1.165) is 45.2 Å². The molecule has 30 heavy (non-hydrogen) atoms. The van der Waals surface area contributed by atoms with Crippen molar-refractivity contribution in [3.05, 3.63) is 23.4 Å². The average Bonchev–Trinajstić information content (AvgIpc) is 3.39. The Labute approximate surface area is 179 Å². The molecule has 0 amide bonds. The van der Waals surface area contributed by atoms with Gasteiger partial charge in [0.15, 0.2) is 0 Å². The standard InChI is InChI=1S/C21H24N6O2S/c1-13-9-16(25-24-13)18-19-20(30-26-18)15(21(12-22)3-6-28-7-4-21)10-17(23-19)27-5-8-29-11-14(27)2/h9-10,14H,3-8,11H2,1-2H3,(H,24,25). The second-order valence-corrected chi connectivity index (χ2v) is 8.86. The molecule has 0 aliphatic carbocycles. The van der Waals surface area contributed by atoms with Crippen molar-refractivity contribution in [2.75, 3.05) is 37.9 Å². The molecule has 1 atom stereocenters. The van der Waals surface area contributed by atoms with Crippen LogP contribution < -0.4 is 4.90 Å². The second kappa shape index (κ2) is 7.61. The van der Waals surface area contributed by atoms with Crippen molar-refractivity contribution < 1.29 is 9.47 Å². The van der Waals surface area contributed by atoms with Gasteiger partial charge in [-0.2, -0.15) is 14.7 Å². The predicted molar refractivity (Wildman–Crippen MR) is 115 cm³/mol. The van der Waals surface area contributed by atoms with Crippen molar-refractivity contribution in [2.24, 2.45) is 0 Å². The van der Waals surface area contributed by atoms with Gasteiger partial charge in [0.05, 0.1) is 46.8 Å². The molecule has 0 saturated carbocycles. The van der Waals surface area contributed by atoms with E-state index in [1.54, 1.807) is 0 Å². The summed E-state index contributed by atoms with van der Waals surface area (Å²) in [7, 11) is 0. The molecule has 0 radical (unpaired) electrons. The van der Waals surface area contributed by atoms with E-state index in [2.05, 4.69) is 34.2 Å². The van der Waals surface area contributed by atoms with E-state index in [4.69, 9.17) is 18.8 Å². The topological polar surface area (TPSA) is 100.0 Å². The maximum absolute atomic E-state index is 10.2. The minimum atomic E-state index is -0.586. The van der Waals surface area contributed by atoms with Gasteiger partial charge < -0.3 is 14.4 Å². The summed E-state index contributed by atoms with van der Waals surface area (Å²) in [6.07, 6.45) is 1.36. The lowest BCUT2D eigenvalue weighted by Crippen LogP contribution is -2.44. The normalized spacial score (nSPS) is 21.6. The largest absolute Gasteiger partial charge is 0.381 e. The Morgan fingerprint density at radius 1 is 1.27 bits per heavy atom. The SMILES string of the molecule is Cc1cc(-c2nsc3c(C4(C#N)CCOCC4)cc(N4CCOCC4C)nc23)[nH]n1. The van der Waals surface area contributed by atoms with E-state index in [-0.39, 0.29) is 6.04 Å². The molecule has 0 bridgehead atoms. The number of hydrogen-bond acceptors (Lipinski definition) is 8. The summed E-state index contributed by atoms with van der Waals surface area (Å²) in [4.78, 5) is 7.32. The van der Waals surface area contributed by atoms with Crippen molar-refractivity contribution in [3.8, 4) is 17.5 Å². The van der Waals surface area contributed by atoms with Gasteiger partial charge in [-0.25, -0.2) is 4.98 Å². The summed E-state index contributed by atoms with van der Waals surface area (Å²) in [6.45, 7) is 7.38. The fraction of sp³-hybridized carbons (Fsp3) is 0.524. The van der Waals surface area contributed by atoms with Gasteiger partial charge in [-0.15, -0.1) is 0 Å². The van der Waals surface area contributed by atoms with Gasteiger partial charge in [-0.05, 0) is 55.9 Å². The monoisotopic (exact) mass is 424 g/mol. The smallest absolute Gasteiger partial charge is 0.130 e. The lowest BCUT2D eigenvalue weighted by Gasteiger charge is -2.36. The Bertz CT molecular complexity index is 1110. The summed E-state index contributed by atoms with van der Waals surface area (Å²) in [5.41, 5.74) is 3.81. The minimum absolute atomic E-state index is 0.216. The Kier molecular flexibility index (Phi) is 4.93. The summed E-state index contributed by atoms with van der Waals surface area (Å²) < 4.78 is 16.9. The third-order valence-corrected chi connectivity index (χ3v) is 6.98. The number of pyridine rings is 1. The highest BCUT2D eigenvalue weighted by atomic mass is 32.1. The van der Waals surface area contributed by atoms with Crippen LogP contribution in [0.5, 0.6) is 0 Å². The highest BCUT2D eigenvalue weighted by Gasteiger charge is 2.38. The quantitative estimate of drug-likeness (QED) is 0.689. The number of fused-ring (bicyclic) bond motifs is 1. The minimum Gasteiger partial charge on any atom is -0.381 e. The average molecular weight is 425 g/mol. The van der Waals surface area contributed by atoms with Crippen LogP contribution in [0.1, 0.15) is 31.0 Å². The second-order valence-electron chi connectivity index (χ2n) is 8.08. The van der Waals surface area contributed by atoms with Crippen LogP contribution in [0.15, 0.2) is 12.1 Å². The van der Waals surface area contributed by atoms with Gasteiger partial charge in [-0.1, -0.05) is 0 Å². The van der Waals surface area contributed by atoms with E-state index < -0.39 is 5.41 Å². The first-order valence-electron chi connectivity index (χ1n) is 10.3. The van der Waals surface area contributed by atoms with Crippen LogP contribution in [0.2, 0.25) is 0 Å². The first-order chi connectivity index (χ1) is 14.6. The molecule has 5 heterocycles. The van der Waals surface area contributed by atoms with E-state index in [1.165, 1.54) is 11.5 Å². The molecule has 1 unspecified atom stereocenters. The molecule has 2 fully saturated rings. The molecule has 3 aromatic rings. The van der Waals surface area contributed by atoms with Crippen molar-refractivity contribution in [3.63, 3.8) is 0 Å². The van der Waals surface area contributed by atoms with Gasteiger partial charge in [0, 0.05) is 19.8 Å². The van der Waals surface area contributed by atoms with Crippen LogP contribution in [0.3, 0.4) is 0 Å². The highest BCUT2D eigenvalue weighted by Crippen LogP contribution is 2.43. The van der Waals surface area contributed by atoms with E-state index in [1.807, 2.05) is 13.0 Å². The number of nitrogens with zero attached hydrogens (tertiary/aromatic N) is 5. The number of ether oxygens (including phenoxy) is 2. The maximum atomic E-state index is 10.2. The van der Waals surface area contributed by atoms with Gasteiger partial charge >= 0.3 is 0 Å². The molecule has 156 valence electrons. The number of rotatable bonds is 3. The molecular formula is C21H24N6O2S. The lowest BCUT2D eigenvalue weighted by molar-refractivity contribution is 0.0679. The first kappa shape index (κ1) is 19.4. The predicted octanol–water partition coefficient (Wildman–Crippen LogP) is 3.19. The van der Waals surface area contributed by atoms with Gasteiger partial charge in [0.2, 0.25) is 0 Å². The molecule has 1 N–H and O–H groups in total. The molecule has 2 saturated heterocycles. The molecule has 9 heteroatoms. The molecule has 0 spiro atoms. The summed E-state index contributed by atoms with van der Waals surface area (Å²) in [5, 5.41) is 17.6. The van der Waals surface area contributed by atoms with Crippen LogP contribution in [0, 0.1) is 18.3 Å². The molecule has 0 aromatic carbocycles. The fourth-order valence-corrected chi connectivity index (χ4v) is 5.31. The fourth-order valence-electron chi connectivity index (χ4n) is 4.36. The number of hydrogen-bond donors (Lipinski definition) is 1. The van der Waals surface area contributed by atoms with Gasteiger partial charge in [0.1, 0.15) is 17.0 Å². The number of H-pyrrole nitrogens is 1. The Balaban J connectivity index is 1.73. The molecular weight excluding hydrogens is 400 g/mol. The van der Waals surface area contributed by atoms with Gasteiger partial charge in [-0.3, -0.25) is 5.10 Å². The van der Waals surface area contributed by atoms with Crippen LogP contribution in [0.25, 0.3) is 21.6 Å². The van der Waals surface area contributed by atoms with E-state index in [9.17, 15) is 5.26 Å². The molecule has 2 aliphatic heterocycles. The Morgan fingerprint density at radius 2 is 2.10 bits per heavy atom. The third-order valence-electron chi connectivity index (χ3n) is 6.11. The zero-order chi connectivity index (χ0) is 20.7. The molecule has 5 rings (SSSR count). The van der Waals surface area contributed by atoms with Crippen LogP contribution in [-0.2, 0) is 14.9 Å². The lowest BCUT2D eigenvalue weighted by atomic mass is 9.75. The molecule has 2 aliphatic rings. The maximum Gasteiger partial charge on any atom is 0.130 e. The van der Waals surface area contributed by atoms with E-state index in [0.29, 0.717) is 39.3 Å². The van der Waals surface area contributed by atoms with Crippen molar-refractivity contribution in [2.45, 2.75) is 38.1 Å². The summed E-state index contributed by atoms with van der Waals surface area (Å²) in [5.74, 6) is 0.882. The highest BCUT2D eigenvalue weighted by molar-refractivity contribution is 7.13. The van der Waals surface area contributed by atoms with Crippen molar-refractivity contribution in [1.82, 2.24) is 19.6 Å². The zero-order valence-electron chi connectivity index (χ0n) is 17.1. The van der Waals surface area contributed by atoms with Crippen LogP contribution in [-0.4, -0.2) is 58.6 Å². The van der Waals surface area contributed by atoms with Crippen molar-refractivity contribution >= 4 is 27.6 Å². The summed E-state index contributed by atoms with van der Waals surface area (Å²) >= 11 is 1.41. The number of morpholine rings is 1. The summed E-state index contributed by atoms with van der Waals surface area (Å²) in [6, 6.07) is 6.94. The van der Waals surface area contributed by atoms with Crippen molar-refractivity contribution in [1.29, 1.82) is 5.26 Å². The number of aromatic amines is 1. The number of aryl methyl sites for hydroxylation is 1. The Morgan fingerprint density at radius 3 is 2.80 bits per heavy atom. The van der Waals surface area contributed by atoms with E-state index >= 15 is 0 Å². The Hall–Kier alpha value is -2.54. The number of anilines is 1. The third kappa shape index (κ3) is 3.16. The van der Waals surface area contributed by atoms with Crippen LogP contribution >= 0.6 is 11.5 Å². The molecule has 8 nitrogen and oxygen atoms in total. The molecule has 3 aromatic heterocycles.